The number of hydrogen-bond acceptors (Lipinski definition) is 7. The van der Waals surface area contributed by atoms with Crippen molar-refractivity contribution in [2.45, 2.75) is 51.3 Å². The third-order valence-electron chi connectivity index (χ3n) is 5.15. The normalized spacial score (nSPS) is 22.7. The average molecular weight is 390 g/mol. The number of nitrogens with two attached hydrogens (primary N) is 1. The van der Waals surface area contributed by atoms with Crippen molar-refractivity contribution in [1.29, 1.82) is 0 Å². The molecule has 7 nitrogen and oxygen atoms in total. The number of ether oxygens (including phenoxy) is 1. The van der Waals surface area contributed by atoms with Gasteiger partial charge in [-0.25, -0.2) is 4.68 Å². The van der Waals surface area contributed by atoms with E-state index in [0.717, 1.165) is 18.4 Å². The lowest BCUT2D eigenvalue weighted by Crippen LogP contribution is -2.36. The van der Waals surface area contributed by atoms with E-state index in [-0.39, 0.29) is 17.8 Å². The first-order valence-corrected chi connectivity index (χ1v) is 10.4. The summed E-state index contributed by atoms with van der Waals surface area (Å²) >= 11 is 1.24. The van der Waals surface area contributed by atoms with Gasteiger partial charge in [0, 0.05) is 18.0 Å². The van der Waals surface area contributed by atoms with Crippen LogP contribution in [0, 0.1) is 17.8 Å². The molecule has 0 spiro atoms. The van der Waals surface area contributed by atoms with E-state index in [1.807, 2.05) is 12.1 Å². The summed E-state index contributed by atoms with van der Waals surface area (Å²) in [5, 5.41) is 8.66. The third-order valence-corrected chi connectivity index (χ3v) is 6.06. The first kappa shape index (κ1) is 19.7. The molecule has 0 bridgehead atoms. The summed E-state index contributed by atoms with van der Waals surface area (Å²) in [7, 11) is 0. The fraction of sp³-hybridized carbons (Fsp3) is 0.579. The van der Waals surface area contributed by atoms with Crippen LogP contribution in [-0.2, 0) is 9.53 Å². The van der Waals surface area contributed by atoms with Crippen LogP contribution < -0.4 is 5.84 Å². The fourth-order valence-corrected chi connectivity index (χ4v) is 4.28. The molecule has 0 unspecified atom stereocenters. The van der Waals surface area contributed by atoms with E-state index in [1.54, 1.807) is 12.4 Å². The number of carbonyl (C=O) groups is 1. The Morgan fingerprint density at radius 1 is 1.41 bits per heavy atom. The first-order chi connectivity index (χ1) is 13.0. The maximum atomic E-state index is 12.4. The summed E-state index contributed by atoms with van der Waals surface area (Å²) in [6.07, 6.45) is 6.63. The van der Waals surface area contributed by atoms with Crippen LogP contribution in [0.5, 0.6) is 0 Å². The van der Waals surface area contributed by atoms with Gasteiger partial charge in [0.25, 0.3) is 0 Å². The SMILES string of the molecule is CC(C)[C@@H]1CC[C@@H](C)C[C@@H]1OC(=O)CSc1nnc(-c2cccnc2)n1N. The van der Waals surface area contributed by atoms with Gasteiger partial charge >= 0.3 is 5.97 Å². The Morgan fingerprint density at radius 3 is 2.93 bits per heavy atom. The Morgan fingerprint density at radius 2 is 2.22 bits per heavy atom. The molecule has 1 saturated carbocycles. The van der Waals surface area contributed by atoms with Gasteiger partial charge in [-0.2, -0.15) is 0 Å². The minimum Gasteiger partial charge on any atom is -0.461 e. The largest absolute Gasteiger partial charge is 0.461 e. The smallest absolute Gasteiger partial charge is 0.316 e. The zero-order valence-electron chi connectivity index (χ0n) is 16.0. The highest BCUT2D eigenvalue weighted by Crippen LogP contribution is 2.35. The Bertz CT molecular complexity index is 765. The van der Waals surface area contributed by atoms with E-state index < -0.39 is 0 Å². The molecule has 146 valence electrons. The zero-order valence-corrected chi connectivity index (χ0v) is 16.9. The number of pyridine rings is 1. The Labute approximate surface area is 164 Å². The molecule has 2 aromatic rings. The highest BCUT2D eigenvalue weighted by atomic mass is 32.2. The number of hydrogen-bond donors (Lipinski definition) is 1. The predicted molar refractivity (Wildman–Crippen MR) is 105 cm³/mol. The van der Waals surface area contributed by atoms with Crippen LogP contribution in [0.4, 0.5) is 0 Å². The molecule has 27 heavy (non-hydrogen) atoms. The molecule has 2 N–H and O–H groups in total. The van der Waals surface area contributed by atoms with E-state index in [0.29, 0.717) is 28.7 Å². The highest BCUT2D eigenvalue weighted by molar-refractivity contribution is 7.99. The van der Waals surface area contributed by atoms with Crippen molar-refractivity contribution in [3.63, 3.8) is 0 Å². The molecule has 1 aliphatic carbocycles. The van der Waals surface area contributed by atoms with Gasteiger partial charge in [-0.3, -0.25) is 9.78 Å². The second kappa shape index (κ2) is 8.73. The van der Waals surface area contributed by atoms with Gasteiger partial charge in [0.2, 0.25) is 5.16 Å². The molecule has 2 aromatic heterocycles. The molecule has 3 rings (SSSR count). The van der Waals surface area contributed by atoms with Crippen LogP contribution in [0.1, 0.15) is 40.0 Å². The topological polar surface area (TPSA) is 95.9 Å². The summed E-state index contributed by atoms with van der Waals surface area (Å²) < 4.78 is 7.20. The minimum atomic E-state index is -0.226. The van der Waals surface area contributed by atoms with Crippen LogP contribution in [0.15, 0.2) is 29.7 Å². The molecule has 0 amide bonds. The molecule has 8 heteroatoms. The summed E-state index contributed by atoms with van der Waals surface area (Å²) in [6.45, 7) is 6.63. The van der Waals surface area contributed by atoms with Crippen molar-refractivity contribution >= 4 is 17.7 Å². The zero-order chi connectivity index (χ0) is 19.4. The molecule has 0 radical (unpaired) electrons. The summed E-state index contributed by atoms with van der Waals surface area (Å²) in [4.78, 5) is 16.5. The molecule has 3 atom stereocenters. The Balaban J connectivity index is 1.58. The van der Waals surface area contributed by atoms with E-state index >= 15 is 0 Å². The van der Waals surface area contributed by atoms with Crippen molar-refractivity contribution in [2.75, 3.05) is 11.6 Å². The van der Waals surface area contributed by atoms with E-state index in [4.69, 9.17) is 10.6 Å². The monoisotopic (exact) mass is 389 g/mol. The molecule has 0 aromatic carbocycles. The Kier molecular flexibility index (Phi) is 6.36. The standard InChI is InChI=1S/C19H27N5O2S/c1-12(2)15-7-6-13(3)9-16(15)26-17(25)11-27-19-23-22-18(24(19)20)14-5-4-8-21-10-14/h4-5,8,10,12-13,15-16H,6-7,9,11,20H2,1-3H3/t13-,15+,16+/m1/s1. The van der Waals surface area contributed by atoms with Gasteiger partial charge in [-0.1, -0.05) is 39.0 Å². The number of nitrogen functional groups attached to an aromatic ring is 1. The quantitative estimate of drug-likeness (QED) is 0.460. The van der Waals surface area contributed by atoms with Crippen LogP contribution in [0.2, 0.25) is 0 Å². The second-order valence-electron chi connectivity index (χ2n) is 7.56. The van der Waals surface area contributed by atoms with Crippen molar-refractivity contribution in [3.05, 3.63) is 24.5 Å². The van der Waals surface area contributed by atoms with Crippen LogP contribution >= 0.6 is 11.8 Å². The van der Waals surface area contributed by atoms with Crippen molar-refractivity contribution < 1.29 is 9.53 Å². The van der Waals surface area contributed by atoms with Gasteiger partial charge in [-0.15, -0.1) is 10.2 Å². The molecule has 1 aliphatic rings. The maximum Gasteiger partial charge on any atom is 0.316 e. The summed E-state index contributed by atoms with van der Waals surface area (Å²) in [6, 6.07) is 3.67. The lowest BCUT2D eigenvalue weighted by Gasteiger charge is -2.36. The fourth-order valence-electron chi connectivity index (χ4n) is 3.64. The van der Waals surface area contributed by atoms with Crippen LogP contribution in [0.25, 0.3) is 11.4 Å². The number of aromatic nitrogens is 4. The molecule has 0 aliphatic heterocycles. The van der Waals surface area contributed by atoms with Crippen molar-refractivity contribution in [1.82, 2.24) is 19.9 Å². The second-order valence-corrected chi connectivity index (χ2v) is 8.50. The van der Waals surface area contributed by atoms with Crippen LogP contribution in [0.3, 0.4) is 0 Å². The third kappa shape index (κ3) is 4.80. The Hall–Kier alpha value is -2.09. The van der Waals surface area contributed by atoms with Crippen LogP contribution in [-0.4, -0.2) is 37.7 Å². The maximum absolute atomic E-state index is 12.4. The molecule has 1 fully saturated rings. The van der Waals surface area contributed by atoms with Crippen molar-refractivity contribution in [3.8, 4) is 11.4 Å². The molecular weight excluding hydrogens is 362 g/mol. The number of esters is 1. The lowest BCUT2D eigenvalue weighted by atomic mass is 9.75. The van der Waals surface area contributed by atoms with Gasteiger partial charge in [0.15, 0.2) is 5.82 Å². The molecule has 2 heterocycles. The average Bonchev–Trinajstić information content (AvgIpc) is 3.01. The highest BCUT2D eigenvalue weighted by Gasteiger charge is 2.33. The van der Waals surface area contributed by atoms with E-state index in [2.05, 4.69) is 36.0 Å². The number of rotatable bonds is 6. The number of carbonyl (C=O) groups excluding carboxylic acids is 1. The lowest BCUT2D eigenvalue weighted by molar-refractivity contribution is -0.152. The van der Waals surface area contributed by atoms with E-state index in [1.165, 1.54) is 22.9 Å². The first-order valence-electron chi connectivity index (χ1n) is 9.39. The van der Waals surface area contributed by atoms with E-state index in [9.17, 15) is 4.79 Å². The van der Waals surface area contributed by atoms with Crippen molar-refractivity contribution in [2.24, 2.45) is 17.8 Å². The molecular formula is C19H27N5O2S. The van der Waals surface area contributed by atoms with Gasteiger partial charge in [0.05, 0.1) is 5.75 Å². The summed E-state index contributed by atoms with van der Waals surface area (Å²) in [5.74, 6) is 8.07. The predicted octanol–water partition coefficient (Wildman–Crippen LogP) is 3.15. The number of nitrogens with zero attached hydrogens (tertiary/aromatic N) is 4. The van der Waals surface area contributed by atoms with Gasteiger partial charge in [-0.05, 0) is 42.7 Å². The number of thioether (sulfide) groups is 1. The molecule has 0 saturated heterocycles. The van der Waals surface area contributed by atoms with Gasteiger partial charge < -0.3 is 10.6 Å². The summed E-state index contributed by atoms with van der Waals surface area (Å²) in [5.41, 5.74) is 0.776. The van der Waals surface area contributed by atoms with Gasteiger partial charge in [0.1, 0.15) is 6.10 Å². The minimum absolute atomic E-state index is 0.00329.